The van der Waals surface area contributed by atoms with Crippen molar-refractivity contribution in [2.45, 2.75) is 4.90 Å². The summed E-state index contributed by atoms with van der Waals surface area (Å²) in [5.41, 5.74) is 1.07. The third-order valence-electron chi connectivity index (χ3n) is 2.97. The summed E-state index contributed by atoms with van der Waals surface area (Å²) < 4.78 is 18.5. The first-order chi connectivity index (χ1) is 9.74. The lowest BCUT2D eigenvalue weighted by Crippen LogP contribution is -2.37. The zero-order valence-corrected chi connectivity index (χ0v) is 12.2. The Morgan fingerprint density at radius 3 is 2.70 bits per heavy atom. The number of hydrogen-bond donors (Lipinski definition) is 0. The molecular weight excluding hydrogens is 293 g/mol. The largest absolute Gasteiger partial charge is 0.432 e. The van der Waals surface area contributed by atoms with E-state index in [-0.39, 0.29) is 5.82 Å². The second-order valence-corrected chi connectivity index (χ2v) is 5.78. The summed E-state index contributed by atoms with van der Waals surface area (Å²) in [6, 6.07) is 14.0. The van der Waals surface area contributed by atoms with E-state index in [1.165, 1.54) is 17.0 Å². The minimum Gasteiger partial charge on any atom is -0.432 e. The molecule has 2 aromatic carbocycles. The van der Waals surface area contributed by atoms with Gasteiger partial charge in [0, 0.05) is 17.2 Å². The zero-order valence-electron chi connectivity index (χ0n) is 10.6. The van der Waals surface area contributed by atoms with Crippen LogP contribution < -0.4 is 9.64 Å². The number of para-hydroxylation sites is 1. The van der Waals surface area contributed by atoms with Crippen molar-refractivity contribution in [1.82, 2.24) is 0 Å². The summed E-state index contributed by atoms with van der Waals surface area (Å²) >= 11 is 7.18. The molecule has 5 heteroatoms. The van der Waals surface area contributed by atoms with Gasteiger partial charge < -0.3 is 9.64 Å². The first-order valence-electron chi connectivity index (χ1n) is 6.21. The standard InChI is InChI=1S/C15H12FNOS2/c16-11-5-7-12(8-6-11)18-15(19)17-9-10-20-14-4-2-1-3-13(14)17/h1-8H,9-10H2. The quantitative estimate of drug-likeness (QED) is 0.735. The van der Waals surface area contributed by atoms with E-state index in [9.17, 15) is 4.39 Å². The van der Waals surface area contributed by atoms with Gasteiger partial charge in [-0.25, -0.2) is 4.39 Å². The van der Waals surface area contributed by atoms with Crippen molar-refractivity contribution in [3.8, 4) is 5.75 Å². The van der Waals surface area contributed by atoms with Crippen LogP contribution in [0.1, 0.15) is 0 Å². The van der Waals surface area contributed by atoms with Gasteiger partial charge in [-0.15, -0.1) is 11.8 Å². The second kappa shape index (κ2) is 5.81. The highest BCUT2D eigenvalue weighted by Gasteiger charge is 2.21. The molecule has 0 unspecified atom stereocenters. The van der Waals surface area contributed by atoms with Crippen molar-refractivity contribution in [1.29, 1.82) is 0 Å². The smallest absolute Gasteiger partial charge is 0.269 e. The number of rotatable bonds is 1. The number of benzene rings is 2. The van der Waals surface area contributed by atoms with Gasteiger partial charge in [0.2, 0.25) is 0 Å². The minimum atomic E-state index is -0.289. The summed E-state index contributed by atoms with van der Waals surface area (Å²) in [5.74, 6) is 1.22. The molecule has 3 rings (SSSR count). The Hall–Kier alpha value is -1.59. The topological polar surface area (TPSA) is 12.5 Å². The van der Waals surface area contributed by atoms with Crippen LogP contribution >= 0.6 is 24.0 Å². The molecule has 0 aliphatic carbocycles. The summed E-state index contributed by atoms with van der Waals surface area (Å²) in [6.45, 7) is 0.807. The molecule has 1 aliphatic rings. The highest BCUT2D eigenvalue weighted by atomic mass is 32.2. The lowest BCUT2D eigenvalue weighted by atomic mass is 10.3. The highest BCUT2D eigenvalue weighted by molar-refractivity contribution is 7.99. The van der Waals surface area contributed by atoms with Crippen molar-refractivity contribution < 1.29 is 9.13 Å². The maximum absolute atomic E-state index is 12.9. The Bertz CT molecular complexity index is 630. The molecule has 0 N–H and O–H groups in total. The molecule has 0 amide bonds. The van der Waals surface area contributed by atoms with Gasteiger partial charge in [-0.1, -0.05) is 12.1 Å². The van der Waals surface area contributed by atoms with Crippen molar-refractivity contribution >= 4 is 34.8 Å². The van der Waals surface area contributed by atoms with Crippen molar-refractivity contribution in [3.05, 3.63) is 54.3 Å². The monoisotopic (exact) mass is 305 g/mol. The first-order valence-corrected chi connectivity index (χ1v) is 7.60. The molecule has 0 saturated heterocycles. The Morgan fingerprint density at radius 2 is 1.90 bits per heavy atom. The third kappa shape index (κ3) is 2.78. The van der Waals surface area contributed by atoms with E-state index in [4.69, 9.17) is 17.0 Å². The summed E-state index contributed by atoms with van der Waals surface area (Å²) in [4.78, 5) is 3.17. The van der Waals surface area contributed by atoms with Gasteiger partial charge in [-0.2, -0.15) is 0 Å². The predicted octanol–water partition coefficient (Wildman–Crippen LogP) is 4.10. The Morgan fingerprint density at radius 1 is 1.15 bits per heavy atom. The SMILES string of the molecule is Fc1ccc(OC(=S)N2CCSc3ccccc32)cc1. The molecule has 0 fully saturated rings. The molecule has 1 heterocycles. The van der Waals surface area contributed by atoms with E-state index in [0.29, 0.717) is 10.9 Å². The molecule has 1 aliphatic heterocycles. The molecule has 0 bridgehead atoms. The summed E-state index contributed by atoms with van der Waals surface area (Å²) in [6.07, 6.45) is 0. The van der Waals surface area contributed by atoms with Crippen LogP contribution in [-0.2, 0) is 0 Å². The van der Waals surface area contributed by atoms with Crippen LogP contribution in [0.2, 0.25) is 0 Å². The molecular formula is C15H12FNOS2. The molecule has 0 spiro atoms. The van der Waals surface area contributed by atoms with Gasteiger partial charge in [0.25, 0.3) is 5.17 Å². The fraction of sp³-hybridized carbons (Fsp3) is 0.133. The van der Waals surface area contributed by atoms with E-state index in [1.54, 1.807) is 12.1 Å². The fourth-order valence-corrected chi connectivity index (χ4v) is 3.30. The van der Waals surface area contributed by atoms with Crippen LogP contribution in [0.15, 0.2) is 53.4 Å². The Balaban J connectivity index is 1.80. The van der Waals surface area contributed by atoms with Gasteiger partial charge in [0.15, 0.2) is 0 Å². The molecule has 102 valence electrons. The van der Waals surface area contributed by atoms with Crippen LogP contribution in [0.3, 0.4) is 0 Å². The van der Waals surface area contributed by atoms with E-state index in [0.717, 1.165) is 18.0 Å². The average molecular weight is 305 g/mol. The van der Waals surface area contributed by atoms with Crippen molar-refractivity contribution in [2.75, 3.05) is 17.2 Å². The van der Waals surface area contributed by atoms with Crippen LogP contribution in [0, 0.1) is 5.82 Å². The van der Waals surface area contributed by atoms with E-state index in [1.807, 2.05) is 34.9 Å². The fourth-order valence-electron chi connectivity index (χ4n) is 2.02. The van der Waals surface area contributed by atoms with Crippen molar-refractivity contribution in [2.24, 2.45) is 0 Å². The molecule has 0 radical (unpaired) electrons. The van der Waals surface area contributed by atoms with Gasteiger partial charge in [0.1, 0.15) is 11.6 Å². The van der Waals surface area contributed by atoms with E-state index in [2.05, 4.69) is 6.07 Å². The van der Waals surface area contributed by atoms with Gasteiger partial charge in [-0.3, -0.25) is 0 Å². The number of halogens is 1. The molecule has 0 saturated carbocycles. The second-order valence-electron chi connectivity index (χ2n) is 4.29. The first kappa shape index (κ1) is 13.4. The number of ether oxygens (including phenoxy) is 1. The maximum Gasteiger partial charge on any atom is 0.269 e. The van der Waals surface area contributed by atoms with Gasteiger partial charge in [0.05, 0.1) is 5.69 Å². The number of nitrogens with zero attached hydrogens (tertiary/aromatic N) is 1. The number of anilines is 1. The molecule has 20 heavy (non-hydrogen) atoms. The lowest BCUT2D eigenvalue weighted by Gasteiger charge is -2.30. The Labute approximate surface area is 126 Å². The normalized spacial score (nSPS) is 13.8. The van der Waals surface area contributed by atoms with Gasteiger partial charge in [-0.05, 0) is 48.6 Å². The van der Waals surface area contributed by atoms with Crippen molar-refractivity contribution in [3.63, 3.8) is 0 Å². The number of fused-ring (bicyclic) bond motifs is 1. The highest BCUT2D eigenvalue weighted by Crippen LogP contribution is 2.34. The van der Waals surface area contributed by atoms with E-state index < -0.39 is 0 Å². The number of thiocarbonyl (C=S) groups is 1. The third-order valence-corrected chi connectivity index (χ3v) is 4.31. The molecule has 2 aromatic rings. The maximum atomic E-state index is 12.9. The Kier molecular flexibility index (Phi) is 3.89. The molecule has 2 nitrogen and oxygen atoms in total. The number of hydrogen-bond acceptors (Lipinski definition) is 3. The van der Waals surface area contributed by atoms with Crippen LogP contribution in [0.25, 0.3) is 0 Å². The molecule has 0 atom stereocenters. The lowest BCUT2D eigenvalue weighted by molar-refractivity contribution is 0.543. The minimum absolute atomic E-state index is 0.289. The molecule has 0 aromatic heterocycles. The summed E-state index contributed by atoms with van der Waals surface area (Å²) in [5, 5.41) is 0.393. The van der Waals surface area contributed by atoms with Crippen LogP contribution in [0.5, 0.6) is 5.75 Å². The van der Waals surface area contributed by atoms with Crippen LogP contribution in [-0.4, -0.2) is 17.5 Å². The predicted molar refractivity (Wildman–Crippen MR) is 84.1 cm³/mol. The van der Waals surface area contributed by atoms with Gasteiger partial charge >= 0.3 is 0 Å². The average Bonchev–Trinajstić information content (AvgIpc) is 2.49. The number of thioether (sulfide) groups is 1. The summed E-state index contributed by atoms with van der Waals surface area (Å²) in [7, 11) is 0. The zero-order chi connectivity index (χ0) is 13.9. The van der Waals surface area contributed by atoms with E-state index >= 15 is 0 Å². The van der Waals surface area contributed by atoms with Crippen LogP contribution in [0.4, 0.5) is 10.1 Å².